The molecule has 26 heavy (non-hydrogen) atoms. The average molecular weight is 352 g/mol. The number of imidazole rings is 1. The number of pyridine rings is 1. The van der Waals surface area contributed by atoms with Gasteiger partial charge in [-0.15, -0.1) is 5.10 Å². The van der Waals surface area contributed by atoms with E-state index in [9.17, 15) is 4.79 Å². The van der Waals surface area contributed by atoms with Crippen molar-refractivity contribution in [2.24, 2.45) is 0 Å². The Balaban J connectivity index is 1.32. The Morgan fingerprint density at radius 2 is 2.31 bits per heavy atom. The van der Waals surface area contributed by atoms with Gasteiger partial charge in [0.05, 0.1) is 42.8 Å². The van der Waals surface area contributed by atoms with Crippen LogP contribution in [-0.2, 0) is 22.6 Å². The Morgan fingerprint density at radius 3 is 3.23 bits per heavy atom. The van der Waals surface area contributed by atoms with E-state index in [4.69, 9.17) is 4.74 Å². The SMILES string of the molecule is Cc1cccn2c(CC(=O)N3CC[C@H]4[C@H](C3)OCc3cnnn34)cnc12. The molecule has 0 spiro atoms. The van der Waals surface area contributed by atoms with Gasteiger partial charge in [0.1, 0.15) is 5.65 Å². The minimum Gasteiger partial charge on any atom is -0.368 e. The second kappa shape index (κ2) is 5.91. The van der Waals surface area contributed by atoms with Gasteiger partial charge in [-0.3, -0.25) is 4.79 Å². The molecule has 0 saturated carbocycles. The molecule has 5 rings (SSSR count). The van der Waals surface area contributed by atoms with Crippen LogP contribution in [0.15, 0.2) is 30.7 Å². The molecular formula is C18H20N6O2. The number of amides is 1. The van der Waals surface area contributed by atoms with Crippen molar-refractivity contribution < 1.29 is 9.53 Å². The van der Waals surface area contributed by atoms with Crippen molar-refractivity contribution in [2.75, 3.05) is 13.1 Å². The fourth-order valence-corrected chi connectivity index (χ4v) is 4.01. The molecular weight excluding hydrogens is 332 g/mol. The van der Waals surface area contributed by atoms with E-state index >= 15 is 0 Å². The number of ether oxygens (including phenoxy) is 1. The number of piperidine rings is 1. The number of hydrogen-bond donors (Lipinski definition) is 0. The summed E-state index contributed by atoms with van der Waals surface area (Å²) in [4.78, 5) is 19.2. The maximum absolute atomic E-state index is 12.9. The smallest absolute Gasteiger partial charge is 0.228 e. The Hall–Kier alpha value is -2.74. The summed E-state index contributed by atoms with van der Waals surface area (Å²) in [5.74, 6) is 0.111. The molecule has 3 aromatic heterocycles. The maximum Gasteiger partial charge on any atom is 0.228 e. The monoisotopic (exact) mass is 352 g/mol. The third-order valence-electron chi connectivity index (χ3n) is 5.43. The summed E-state index contributed by atoms with van der Waals surface area (Å²) in [5.41, 5.74) is 3.93. The summed E-state index contributed by atoms with van der Waals surface area (Å²) >= 11 is 0. The fraction of sp³-hybridized carbons (Fsp3) is 0.444. The zero-order valence-electron chi connectivity index (χ0n) is 14.6. The van der Waals surface area contributed by atoms with Crippen molar-refractivity contribution >= 4 is 11.6 Å². The molecule has 8 heteroatoms. The zero-order valence-corrected chi connectivity index (χ0v) is 14.6. The fourth-order valence-electron chi connectivity index (χ4n) is 4.01. The van der Waals surface area contributed by atoms with Crippen LogP contribution in [0, 0.1) is 6.92 Å². The van der Waals surface area contributed by atoms with Gasteiger partial charge < -0.3 is 14.0 Å². The van der Waals surface area contributed by atoms with Crippen molar-refractivity contribution in [3.8, 4) is 0 Å². The Labute approximate surface area is 150 Å². The van der Waals surface area contributed by atoms with Gasteiger partial charge in [0.2, 0.25) is 5.91 Å². The topological polar surface area (TPSA) is 77.5 Å². The van der Waals surface area contributed by atoms with Gasteiger partial charge in [-0.2, -0.15) is 0 Å². The lowest BCUT2D eigenvalue weighted by atomic mass is 10.00. The van der Waals surface area contributed by atoms with Crippen LogP contribution in [0.5, 0.6) is 0 Å². The average Bonchev–Trinajstić information content (AvgIpc) is 3.29. The van der Waals surface area contributed by atoms with Crippen molar-refractivity contribution in [1.29, 1.82) is 0 Å². The van der Waals surface area contributed by atoms with Crippen LogP contribution in [0.1, 0.15) is 29.4 Å². The maximum atomic E-state index is 12.9. The molecule has 0 aromatic carbocycles. The predicted octanol–water partition coefficient (Wildman–Crippen LogP) is 1.15. The molecule has 0 bridgehead atoms. The van der Waals surface area contributed by atoms with Crippen LogP contribution in [0.2, 0.25) is 0 Å². The van der Waals surface area contributed by atoms with Crippen molar-refractivity contribution in [3.63, 3.8) is 0 Å². The molecule has 2 aliphatic heterocycles. The van der Waals surface area contributed by atoms with Crippen LogP contribution in [0.4, 0.5) is 0 Å². The quantitative estimate of drug-likeness (QED) is 0.691. The molecule has 1 fully saturated rings. The third kappa shape index (κ3) is 2.40. The molecule has 134 valence electrons. The van der Waals surface area contributed by atoms with Crippen LogP contribution >= 0.6 is 0 Å². The van der Waals surface area contributed by atoms with Gasteiger partial charge in [-0.1, -0.05) is 11.3 Å². The summed E-state index contributed by atoms with van der Waals surface area (Å²) < 4.78 is 9.92. The van der Waals surface area contributed by atoms with Crippen LogP contribution in [0.3, 0.4) is 0 Å². The van der Waals surface area contributed by atoms with Gasteiger partial charge >= 0.3 is 0 Å². The molecule has 0 N–H and O–H groups in total. The van der Waals surface area contributed by atoms with E-state index in [1.54, 1.807) is 12.4 Å². The van der Waals surface area contributed by atoms with Gasteiger partial charge in [0.15, 0.2) is 0 Å². The Kier molecular flexibility index (Phi) is 3.53. The summed E-state index contributed by atoms with van der Waals surface area (Å²) in [6.07, 6.45) is 6.66. The summed E-state index contributed by atoms with van der Waals surface area (Å²) in [6.45, 7) is 3.83. The molecule has 8 nitrogen and oxygen atoms in total. The molecule has 0 aliphatic carbocycles. The highest BCUT2D eigenvalue weighted by Gasteiger charge is 2.37. The summed E-state index contributed by atoms with van der Waals surface area (Å²) in [6, 6.07) is 4.18. The van der Waals surface area contributed by atoms with E-state index in [1.807, 2.05) is 39.2 Å². The number of carbonyl (C=O) groups excluding carboxylic acids is 1. The van der Waals surface area contributed by atoms with Gasteiger partial charge in [-0.25, -0.2) is 9.67 Å². The Morgan fingerprint density at radius 1 is 1.38 bits per heavy atom. The number of aryl methyl sites for hydroxylation is 1. The van der Waals surface area contributed by atoms with Crippen LogP contribution in [-0.4, -0.2) is 54.4 Å². The first-order valence-electron chi connectivity index (χ1n) is 8.90. The molecule has 0 radical (unpaired) electrons. The number of carbonyl (C=O) groups is 1. The van der Waals surface area contributed by atoms with E-state index in [2.05, 4.69) is 15.3 Å². The second-order valence-corrected chi connectivity index (χ2v) is 7.03. The van der Waals surface area contributed by atoms with E-state index in [0.717, 1.165) is 29.0 Å². The second-order valence-electron chi connectivity index (χ2n) is 7.03. The van der Waals surface area contributed by atoms with Crippen LogP contribution in [0.25, 0.3) is 5.65 Å². The van der Waals surface area contributed by atoms with Crippen LogP contribution < -0.4 is 0 Å². The number of aromatic nitrogens is 5. The molecule has 5 heterocycles. The van der Waals surface area contributed by atoms with Gasteiger partial charge in [0.25, 0.3) is 0 Å². The first-order valence-corrected chi connectivity index (χ1v) is 8.90. The first-order chi connectivity index (χ1) is 12.7. The van der Waals surface area contributed by atoms with Gasteiger partial charge in [0, 0.05) is 25.5 Å². The molecule has 1 amide bonds. The number of rotatable bonds is 2. The van der Waals surface area contributed by atoms with E-state index in [1.165, 1.54) is 0 Å². The van der Waals surface area contributed by atoms with E-state index in [0.29, 0.717) is 26.1 Å². The van der Waals surface area contributed by atoms with E-state index < -0.39 is 0 Å². The standard InChI is InChI=1S/C18H20N6O2/c1-12-3-2-5-23-13(8-19-18(12)23)7-17(25)22-6-4-15-16(10-22)26-11-14-9-20-21-24(14)15/h2-3,5,8-9,15-16H,4,6-7,10-11H2,1H3/t15-,16-/m0/s1. The molecule has 0 unspecified atom stereocenters. The lowest BCUT2D eigenvalue weighted by Gasteiger charge is -2.41. The highest BCUT2D eigenvalue weighted by molar-refractivity contribution is 5.78. The zero-order chi connectivity index (χ0) is 17.7. The van der Waals surface area contributed by atoms with Gasteiger partial charge in [-0.05, 0) is 25.0 Å². The van der Waals surface area contributed by atoms with Crippen molar-refractivity contribution in [2.45, 2.75) is 38.5 Å². The summed E-state index contributed by atoms with van der Waals surface area (Å²) in [5, 5.41) is 8.16. The first kappa shape index (κ1) is 15.5. The lowest BCUT2D eigenvalue weighted by molar-refractivity contribution is -0.139. The minimum absolute atomic E-state index is 0.0219. The molecule has 1 saturated heterocycles. The largest absolute Gasteiger partial charge is 0.368 e. The number of nitrogens with zero attached hydrogens (tertiary/aromatic N) is 6. The molecule has 2 atom stereocenters. The third-order valence-corrected chi connectivity index (χ3v) is 5.43. The number of hydrogen-bond acceptors (Lipinski definition) is 5. The lowest BCUT2D eigenvalue weighted by Crippen LogP contribution is -2.50. The number of fused-ring (bicyclic) bond motifs is 4. The van der Waals surface area contributed by atoms with Crippen molar-refractivity contribution in [3.05, 3.63) is 47.7 Å². The molecule has 3 aromatic rings. The van der Waals surface area contributed by atoms with E-state index in [-0.39, 0.29) is 18.1 Å². The predicted molar refractivity (Wildman–Crippen MR) is 92.5 cm³/mol. The Bertz CT molecular complexity index is 977. The highest BCUT2D eigenvalue weighted by atomic mass is 16.5. The summed E-state index contributed by atoms with van der Waals surface area (Å²) in [7, 11) is 0. The molecule has 2 aliphatic rings. The normalized spacial score (nSPS) is 22.3. The van der Waals surface area contributed by atoms with Crippen molar-refractivity contribution in [1.82, 2.24) is 29.3 Å². The minimum atomic E-state index is -0.0219. The highest BCUT2D eigenvalue weighted by Crippen LogP contribution is 2.30. The number of likely N-dealkylation sites (tertiary alicyclic amines) is 1.